The Morgan fingerprint density at radius 2 is 2.33 bits per heavy atom. The summed E-state index contributed by atoms with van der Waals surface area (Å²) >= 11 is 0. The molecule has 86 valence electrons. The zero-order valence-electron chi connectivity index (χ0n) is 9.19. The molecule has 0 saturated carbocycles. The van der Waals surface area contributed by atoms with Gasteiger partial charge in [0.25, 0.3) is 0 Å². The summed E-state index contributed by atoms with van der Waals surface area (Å²) in [5, 5.41) is 11.6. The fourth-order valence-corrected chi connectivity index (χ4v) is 1.76. The van der Waals surface area contributed by atoms with Gasteiger partial charge in [-0.05, 0) is 20.3 Å². The third-order valence-electron chi connectivity index (χ3n) is 2.59. The van der Waals surface area contributed by atoms with Crippen LogP contribution in [0.2, 0.25) is 0 Å². The predicted octanol–water partition coefficient (Wildman–Crippen LogP) is 0.0600. The average molecular weight is 214 g/mol. The Bertz CT molecular complexity index is 253. The molecule has 1 aliphatic rings. The molecule has 0 aromatic carbocycles. The number of nitrogens with zero attached hydrogens (tertiary/aromatic N) is 1. The molecule has 0 spiro atoms. The maximum atomic E-state index is 11.8. The van der Waals surface area contributed by atoms with Crippen LogP contribution in [0, 0.1) is 0 Å². The molecule has 5 heteroatoms. The van der Waals surface area contributed by atoms with Crippen molar-refractivity contribution in [1.82, 2.24) is 10.2 Å². The van der Waals surface area contributed by atoms with E-state index in [2.05, 4.69) is 5.32 Å². The predicted molar refractivity (Wildman–Crippen MR) is 55.5 cm³/mol. The number of nitrogens with one attached hydrogen (secondary N) is 1. The smallest absolute Gasteiger partial charge is 0.303 e. The van der Waals surface area contributed by atoms with Crippen molar-refractivity contribution in [2.45, 2.75) is 38.8 Å². The lowest BCUT2D eigenvalue weighted by Gasteiger charge is -2.35. The molecule has 5 nitrogen and oxygen atoms in total. The Balaban J connectivity index is 2.51. The van der Waals surface area contributed by atoms with Gasteiger partial charge in [-0.2, -0.15) is 0 Å². The third kappa shape index (κ3) is 3.20. The first-order chi connectivity index (χ1) is 7.02. The normalized spacial score (nSPS) is 22.2. The topological polar surface area (TPSA) is 69.6 Å². The molecule has 0 bridgehead atoms. The number of carbonyl (C=O) groups is 2. The number of hydrogen-bond acceptors (Lipinski definition) is 3. The fraction of sp³-hybridized carbons (Fsp3) is 0.800. The lowest BCUT2D eigenvalue weighted by molar-refractivity contribution is -0.139. The van der Waals surface area contributed by atoms with Crippen LogP contribution in [0.15, 0.2) is 0 Å². The minimum Gasteiger partial charge on any atom is -0.481 e. The number of hydrogen-bond donors (Lipinski definition) is 2. The summed E-state index contributed by atoms with van der Waals surface area (Å²) in [5.41, 5.74) is 0. The van der Waals surface area contributed by atoms with E-state index in [1.165, 1.54) is 0 Å². The third-order valence-corrected chi connectivity index (χ3v) is 2.59. The molecule has 15 heavy (non-hydrogen) atoms. The highest BCUT2D eigenvalue weighted by Crippen LogP contribution is 2.10. The molecule has 1 atom stereocenters. The van der Waals surface area contributed by atoms with E-state index in [1.807, 2.05) is 13.8 Å². The Morgan fingerprint density at radius 1 is 1.67 bits per heavy atom. The van der Waals surface area contributed by atoms with Crippen molar-refractivity contribution >= 4 is 11.9 Å². The van der Waals surface area contributed by atoms with Crippen molar-refractivity contribution in [3.8, 4) is 0 Å². The summed E-state index contributed by atoms with van der Waals surface area (Å²) in [5.74, 6) is -0.830. The van der Waals surface area contributed by atoms with Crippen LogP contribution >= 0.6 is 0 Å². The zero-order chi connectivity index (χ0) is 11.4. The second-order valence-electron chi connectivity index (χ2n) is 4.06. The van der Waals surface area contributed by atoms with E-state index >= 15 is 0 Å². The summed E-state index contributed by atoms with van der Waals surface area (Å²) in [4.78, 5) is 24.1. The Hall–Kier alpha value is -1.10. The van der Waals surface area contributed by atoms with E-state index in [1.54, 1.807) is 4.90 Å². The first-order valence-electron chi connectivity index (χ1n) is 5.28. The molecule has 1 heterocycles. The highest BCUT2D eigenvalue weighted by molar-refractivity contribution is 5.83. The van der Waals surface area contributed by atoms with Crippen molar-refractivity contribution in [2.24, 2.45) is 0 Å². The molecule has 1 saturated heterocycles. The quantitative estimate of drug-likeness (QED) is 0.694. The number of amides is 1. The van der Waals surface area contributed by atoms with Crippen molar-refractivity contribution < 1.29 is 14.7 Å². The standard InChI is InChI=1S/C10H18N2O3/c1-7(2)12-6-5-11-8(10(12)15)3-4-9(13)14/h7-8,11H,3-6H2,1-2H3,(H,13,14). The lowest BCUT2D eigenvalue weighted by atomic mass is 10.1. The minimum absolute atomic E-state index is 0.0255. The SMILES string of the molecule is CC(C)N1CCNC(CCC(=O)O)C1=O. The molecule has 0 aromatic rings. The summed E-state index contributed by atoms with van der Waals surface area (Å²) in [6, 6.07) is -0.135. The van der Waals surface area contributed by atoms with E-state index in [0.29, 0.717) is 13.0 Å². The molecule has 1 rings (SSSR count). The van der Waals surface area contributed by atoms with E-state index in [0.717, 1.165) is 6.54 Å². The van der Waals surface area contributed by atoms with Gasteiger partial charge in [-0.15, -0.1) is 0 Å². The monoisotopic (exact) mass is 214 g/mol. The van der Waals surface area contributed by atoms with Gasteiger partial charge < -0.3 is 15.3 Å². The minimum atomic E-state index is -0.855. The van der Waals surface area contributed by atoms with Gasteiger partial charge in [0.1, 0.15) is 0 Å². The molecule has 1 amide bonds. The molecular formula is C10H18N2O3. The molecule has 1 fully saturated rings. The van der Waals surface area contributed by atoms with E-state index < -0.39 is 5.97 Å². The fourth-order valence-electron chi connectivity index (χ4n) is 1.76. The van der Waals surface area contributed by atoms with Crippen LogP contribution in [0.3, 0.4) is 0 Å². The van der Waals surface area contributed by atoms with Gasteiger partial charge in [-0.3, -0.25) is 9.59 Å². The first kappa shape index (κ1) is 12.0. The number of piperazine rings is 1. The van der Waals surface area contributed by atoms with E-state index in [9.17, 15) is 9.59 Å². The van der Waals surface area contributed by atoms with Gasteiger partial charge in [0.05, 0.1) is 6.04 Å². The van der Waals surface area contributed by atoms with Crippen LogP contribution in [-0.2, 0) is 9.59 Å². The molecule has 1 unspecified atom stereocenters. The van der Waals surface area contributed by atoms with Crippen LogP contribution in [-0.4, -0.2) is 47.1 Å². The number of carboxylic acid groups (broad SMARTS) is 1. The lowest BCUT2D eigenvalue weighted by Crippen LogP contribution is -2.57. The van der Waals surface area contributed by atoms with Gasteiger partial charge in [-0.25, -0.2) is 0 Å². The number of carbonyl (C=O) groups excluding carboxylic acids is 1. The molecule has 0 aromatic heterocycles. The molecular weight excluding hydrogens is 196 g/mol. The van der Waals surface area contributed by atoms with Crippen molar-refractivity contribution in [3.63, 3.8) is 0 Å². The van der Waals surface area contributed by atoms with Crippen molar-refractivity contribution in [2.75, 3.05) is 13.1 Å². The average Bonchev–Trinajstić information content (AvgIpc) is 2.15. The van der Waals surface area contributed by atoms with Crippen LogP contribution in [0.5, 0.6) is 0 Å². The van der Waals surface area contributed by atoms with Crippen molar-refractivity contribution in [3.05, 3.63) is 0 Å². The highest BCUT2D eigenvalue weighted by Gasteiger charge is 2.29. The van der Waals surface area contributed by atoms with Gasteiger partial charge in [0.2, 0.25) is 5.91 Å². The molecule has 0 aliphatic carbocycles. The highest BCUT2D eigenvalue weighted by atomic mass is 16.4. The second-order valence-corrected chi connectivity index (χ2v) is 4.06. The van der Waals surface area contributed by atoms with Crippen molar-refractivity contribution in [1.29, 1.82) is 0 Å². The number of carboxylic acids is 1. The maximum absolute atomic E-state index is 11.8. The maximum Gasteiger partial charge on any atom is 0.303 e. The Labute approximate surface area is 89.4 Å². The van der Waals surface area contributed by atoms with E-state index in [4.69, 9.17) is 5.11 Å². The second kappa shape index (κ2) is 5.11. The van der Waals surface area contributed by atoms with Crippen LogP contribution in [0.1, 0.15) is 26.7 Å². The number of rotatable bonds is 4. The Morgan fingerprint density at radius 3 is 2.87 bits per heavy atom. The number of aliphatic carboxylic acids is 1. The molecule has 1 aliphatic heterocycles. The summed E-state index contributed by atoms with van der Waals surface area (Å²) < 4.78 is 0. The Kier molecular flexibility index (Phi) is 4.08. The summed E-state index contributed by atoms with van der Waals surface area (Å²) in [7, 11) is 0. The van der Waals surface area contributed by atoms with Crippen LogP contribution in [0.25, 0.3) is 0 Å². The summed E-state index contributed by atoms with van der Waals surface area (Å²) in [6.45, 7) is 5.39. The largest absolute Gasteiger partial charge is 0.481 e. The van der Waals surface area contributed by atoms with Gasteiger partial charge in [0.15, 0.2) is 0 Å². The van der Waals surface area contributed by atoms with Crippen LogP contribution < -0.4 is 5.32 Å². The molecule has 2 N–H and O–H groups in total. The van der Waals surface area contributed by atoms with Gasteiger partial charge in [0, 0.05) is 25.6 Å². The molecule has 0 radical (unpaired) electrons. The van der Waals surface area contributed by atoms with Gasteiger partial charge >= 0.3 is 5.97 Å². The summed E-state index contributed by atoms with van der Waals surface area (Å²) in [6.07, 6.45) is 0.409. The zero-order valence-corrected chi connectivity index (χ0v) is 9.19. The van der Waals surface area contributed by atoms with Crippen LogP contribution in [0.4, 0.5) is 0 Å². The first-order valence-corrected chi connectivity index (χ1v) is 5.28. The van der Waals surface area contributed by atoms with E-state index in [-0.39, 0.29) is 24.4 Å². The van der Waals surface area contributed by atoms with Gasteiger partial charge in [-0.1, -0.05) is 0 Å².